The van der Waals surface area contributed by atoms with E-state index in [4.69, 9.17) is 0 Å². The van der Waals surface area contributed by atoms with Crippen LogP contribution in [0.4, 0.5) is 10.3 Å². The van der Waals surface area contributed by atoms with Gasteiger partial charge in [0.25, 0.3) is 11.8 Å². The molecule has 0 bridgehead atoms. The monoisotopic (exact) mass is 467 g/mol. The highest BCUT2D eigenvalue weighted by molar-refractivity contribution is 7.12. The summed E-state index contributed by atoms with van der Waals surface area (Å²) in [6.45, 7) is 1.94. The summed E-state index contributed by atoms with van der Waals surface area (Å²) in [4.78, 5) is 38.7. The Kier molecular flexibility index (Phi) is 7.29. The predicted octanol–water partition coefficient (Wildman–Crippen LogP) is 3.91. The van der Waals surface area contributed by atoms with E-state index in [0.717, 1.165) is 42.8 Å². The number of nitrogens with zero attached hydrogens (tertiary/aromatic N) is 4. The average molecular weight is 468 g/mol. The second kappa shape index (κ2) is 10.5. The Hall–Kier alpha value is -3.33. The third-order valence-corrected chi connectivity index (χ3v) is 6.60. The van der Waals surface area contributed by atoms with Crippen LogP contribution in [0.5, 0.6) is 0 Å². The normalized spacial score (nSPS) is 14.5. The van der Waals surface area contributed by atoms with Gasteiger partial charge in [-0.2, -0.15) is 4.39 Å². The molecule has 172 valence electrons. The molecule has 2 aromatic heterocycles. The molecule has 1 saturated heterocycles. The van der Waals surface area contributed by atoms with Crippen molar-refractivity contribution >= 4 is 29.1 Å². The van der Waals surface area contributed by atoms with E-state index in [1.165, 1.54) is 18.6 Å². The molecule has 1 aromatic carbocycles. The second-order valence-corrected chi connectivity index (χ2v) is 8.98. The maximum Gasteiger partial charge on any atom is 0.272 e. The van der Waals surface area contributed by atoms with Crippen LogP contribution < -0.4 is 10.2 Å². The molecule has 1 atom stereocenters. The van der Waals surface area contributed by atoms with E-state index >= 15 is 0 Å². The highest BCUT2D eigenvalue weighted by atomic mass is 32.1. The lowest BCUT2D eigenvalue weighted by molar-refractivity contribution is 0.0711. The summed E-state index contributed by atoms with van der Waals surface area (Å²) in [5.41, 5.74) is 1.18. The van der Waals surface area contributed by atoms with Gasteiger partial charge in [-0.25, -0.2) is 9.97 Å². The van der Waals surface area contributed by atoms with E-state index in [-0.39, 0.29) is 23.2 Å². The zero-order valence-electron chi connectivity index (χ0n) is 18.4. The summed E-state index contributed by atoms with van der Waals surface area (Å²) < 4.78 is 13.3. The summed E-state index contributed by atoms with van der Waals surface area (Å²) in [5, 5.41) is 2.41. The van der Waals surface area contributed by atoms with Crippen LogP contribution in [0.2, 0.25) is 0 Å². The number of carbonyl (C=O) groups is 2. The standard InChI is InChI=1S/C24H26FN5O2S/c1-29(23(32)18-12-13-26-24(28-18)30-14-6-3-7-15-30)19(17-8-4-2-5-9-17)16-27-22(31)20-10-11-21(25)33-20/h2,4-5,8-13,19H,3,6-7,14-16H2,1H3,(H,27,31). The van der Waals surface area contributed by atoms with Gasteiger partial charge < -0.3 is 15.1 Å². The van der Waals surface area contributed by atoms with Gasteiger partial charge >= 0.3 is 0 Å². The van der Waals surface area contributed by atoms with Gasteiger partial charge in [0, 0.05) is 32.9 Å². The quantitative estimate of drug-likeness (QED) is 0.570. The third-order valence-electron chi connectivity index (χ3n) is 5.73. The van der Waals surface area contributed by atoms with Crippen molar-refractivity contribution in [2.75, 3.05) is 31.6 Å². The molecule has 1 aliphatic heterocycles. The van der Waals surface area contributed by atoms with Crippen LogP contribution in [0.15, 0.2) is 54.7 Å². The molecule has 0 spiro atoms. The molecule has 0 saturated carbocycles. The Labute approximate surface area is 196 Å². The number of amides is 2. The Bertz CT molecular complexity index is 1100. The molecule has 9 heteroatoms. The summed E-state index contributed by atoms with van der Waals surface area (Å²) in [7, 11) is 1.69. The number of likely N-dealkylation sites (N-methyl/N-ethyl adjacent to an activating group) is 1. The Morgan fingerprint density at radius 1 is 1.12 bits per heavy atom. The van der Waals surface area contributed by atoms with E-state index in [1.54, 1.807) is 24.2 Å². The number of rotatable bonds is 7. The number of hydrogen-bond donors (Lipinski definition) is 1. The van der Waals surface area contributed by atoms with Crippen molar-refractivity contribution in [2.45, 2.75) is 25.3 Å². The van der Waals surface area contributed by atoms with Crippen molar-refractivity contribution in [3.63, 3.8) is 0 Å². The van der Waals surface area contributed by atoms with E-state index in [2.05, 4.69) is 20.2 Å². The number of aromatic nitrogens is 2. The minimum absolute atomic E-state index is 0.175. The molecule has 0 radical (unpaired) electrons. The molecule has 1 unspecified atom stereocenters. The van der Waals surface area contributed by atoms with Crippen molar-refractivity contribution in [3.8, 4) is 0 Å². The first-order valence-corrected chi connectivity index (χ1v) is 11.8. The molecule has 1 fully saturated rings. The maximum absolute atomic E-state index is 13.4. The SMILES string of the molecule is CN(C(=O)c1ccnc(N2CCCCC2)n1)C(CNC(=O)c1ccc(F)s1)c1ccccc1. The number of carbonyl (C=O) groups excluding carboxylic acids is 2. The Balaban J connectivity index is 1.52. The highest BCUT2D eigenvalue weighted by Gasteiger charge is 2.25. The summed E-state index contributed by atoms with van der Waals surface area (Å²) in [6.07, 6.45) is 4.99. The van der Waals surface area contributed by atoms with Gasteiger partial charge in [0.1, 0.15) is 5.69 Å². The van der Waals surface area contributed by atoms with Crippen LogP contribution in [-0.4, -0.2) is 53.4 Å². The van der Waals surface area contributed by atoms with Crippen molar-refractivity contribution in [2.24, 2.45) is 0 Å². The van der Waals surface area contributed by atoms with Gasteiger partial charge in [0.15, 0.2) is 5.13 Å². The van der Waals surface area contributed by atoms with Crippen LogP contribution >= 0.6 is 11.3 Å². The molecule has 3 aromatic rings. The van der Waals surface area contributed by atoms with Gasteiger partial charge in [-0.3, -0.25) is 9.59 Å². The van der Waals surface area contributed by atoms with Gasteiger partial charge in [0.05, 0.1) is 10.9 Å². The van der Waals surface area contributed by atoms with E-state index in [9.17, 15) is 14.0 Å². The molecular formula is C24H26FN5O2S. The predicted molar refractivity (Wildman–Crippen MR) is 126 cm³/mol. The molecular weight excluding hydrogens is 441 g/mol. The molecule has 7 nitrogen and oxygen atoms in total. The maximum atomic E-state index is 13.4. The van der Waals surface area contributed by atoms with Gasteiger partial charge in [-0.15, -0.1) is 11.3 Å². The fourth-order valence-corrected chi connectivity index (χ4v) is 4.55. The van der Waals surface area contributed by atoms with Crippen LogP contribution in [0, 0.1) is 5.13 Å². The average Bonchev–Trinajstić information content (AvgIpc) is 3.31. The lowest BCUT2D eigenvalue weighted by atomic mass is 10.0. The zero-order valence-corrected chi connectivity index (χ0v) is 19.2. The zero-order chi connectivity index (χ0) is 23.2. The molecule has 0 aliphatic carbocycles. The topological polar surface area (TPSA) is 78.4 Å². The molecule has 1 aliphatic rings. The number of benzene rings is 1. The van der Waals surface area contributed by atoms with Crippen molar-refractivity contribution in [3.05, 3.63) is 76.0 Å². The van der Waals surface area contributed by atoms with Crippen LogP contribution in [-0.2, 0) is 0 Å². The number of halogens is 1. The minimum Gasteiger partial charge on any atom is -0.349 e. The Morgan fingerprint density at radius 3 is 2.58 bits per heavy atom. The molecule has 4 rings (SSSR count). The Morgan fingerprint density at radius 2 is 1.88 bits per heavy atom. The van der Waals surface area contributed by atoms with Crippen LogP contribution in [0.1, 0.15) is 51.0 Å². The second-order valence-electron chi connectivity index (χ2n) is 7.95. The molecule has 1 N–H and O–H groups in total. The minimum atomic E-state index is -0.430. The highest BCUT2D eigenvalue weighted by Crippen LogP contribution is 2.22. The first-order chi connectivity index (χ1) is 16.0. The van der Waals surface area contributed by atoms with Gasteiger partial charge in [-0.05, 0) is 43.0 Å². The number of piperidine rings is 1. The van der Waals surface area contributed by atoms with Crippen molar-refractivity contribution in [1.82, 2.24) is 20.2 Å². The van der Waals surface area contributed by atoms with Gasteiger partial charge in [-0.1, -0.05) is 30.3 Å². The number of anilines is 1. The summed E-state index contributed by atoms with van der Waals surface area (Å²) in [6, 6.07) is 13.4. The summed E-state index contributed by atoms with van der Waals surface area (Å²) >= 11 is 0.789. The fraction of sp³-hybridized carbons (Fsp3) is 0.333. The molecule has 3 heterocycles. The largest absolute Gasteiger partial charge is 0.349 e. The van der Waals surface area contributed by atoms with E-state index in [1.807, 2.05) is 30.3 Å². The van der Waals surface area contributed by atoms with E-state index in [0.29, 0.717) is 11.6 Å². The lowest BCUT2D eigenvalue weighted by Gasteiger charge is -2.29. The van der Waals surface area contributed by atoms with Crippen molar-refractivity contribution in [1.29, 1.82) is 0 Å². The number of thiophene rings is 1. The third kappa shape index (κ3) is 5.54. The van der Waals surface area contributed by atoms with Crippen LogP contribution in [0.25, 0.3) is 0 Å². The van der Waals surface area contributed by atoms with Crippen molar-refractivity contribution < 1.29 is 14.0 Å². The first kappa shape index (κ1) is 22.8. The van der Waals surface area contributed by atoms with E-state index < -0.39 is 11.2 Å². The first-order valence-electron chi connectivity index (χ1n) is 11.0. The summed E-state index contributed by atoms with van der Waals surface area (Å²) in [5.74, 6) is -0.0701. The lowest BCUT2D eigenvalue weighted by Crippen LogP contribution is -2.39. The number of nitrogens with one attached hydrogen (secondary N) is 1. The fourth-order valence-electron chi connectivity index (χ4n) is 3.90. The molecule has 2 amide bonds. The van der Waals surface area contributed by atoms with Crippen LogP contribution in [0.3, 0.4) is 0 Å². The smallest absolute Gasteiger partial charge is 0.272 e. The number of hydrogen-bond acceptors (Lipinski definition) is 6. The molecule has 33 heavy (non-hydrogen) atoms. The van der Waals surface area contributed by atoms with Gasteiger partial charge in [0.2, 0.25) is 5.95 Å².